The molecule has 0 saturated carbocycles. The Bertz CT molecular complexity index is 406. The van der Waals surface area contributed by atoms with Crippen molar-refractivity contribution in [3.63, 3.8) is 0 Å². The number of esters is 1. The predicted octanol–water partition coefficient (Wildman–Crippen LogP) is 0.121. The van der Waals surface area contributed by atoms with E-state index in [-0.39, 0.29) is 12.0 Å². The van der Waals surface area contributed by atoms with Crippen molar-refractivity contribution in [3.8, 4) is 0 Å². The minimum absolute atomic E-state index is 0.0633. The fraction of sp³-hybridized carbons (Fsp3) is 0.846. The highest BCUT2D eigenvalue weighted by molar-refractivity contribution is 5.83. The number of methoxy groups -OCH3 is 1. The van der Waals surface area contributed by atoms with Crippen molar-refractivity contribution in [2.24, 2.45) is 11.7 Å². The van der Waals surface area contributed by atoms with E-state index in [1.165, 1.54) is 12.0 Å². The lowest BCUT2D eigenvalue weighted by atomic mass is 9.97. The number of nitrogens with zero attached hydrogens (tertiary/aromatic N) is 1. The van der Waals surface area contributed by atoms with E-state index < -0.39 is 29.7 Å². The highest BCUT2D eigenvalue weighted by atomic mass is 16.6. The van der Waals surface area contributed by atoms with Crippen molar-refractivity contribution in [1.29, 1.82) is 0 Å². The third-order valence-corrected chi connectivity index (χ3v) is 3.66. The number of hydrogen-bond donors (Lipinski definition) is 1. The van der Waals surface area contributed by atoms with Gasteiger partial charge in [-0.3, -0.25) is 4.90 Å². The Kier molecular flexibility index (Phi) is 3.93. The normalized spacial score (nSPS) is 33.0. The third kappa shape index (κ3) is 2.60. The molecule has 2 rings (SSSR count). The van der Waals surface area contributed by atoms with Crippen LogP contribution in [0.25, 0.3) is 0 Å². The number of carbonyl (C=O) groups excluding carboxylic acids is 2. The second kappa shape index (κ2) is 5.21. The minimum atomic E-state index is -0.811. The second-order valence-electron chi connectivity index (χ2n) is 6.20. The van der Waals surface area contributed by atoms with E-state index in [9.17, 15) is 9.59 Å². The van der Waals surface area contributed by atoms with Crippen LogP contribution in [0.4, 0.5) is 4.79 Å². The summed E-state index contributed by atoms with van der Waals surface area (Å²) in [5.41, 5.74) is 5.46. The molecule has 7 heteroatoms. The van der Waals surface area contributed by atoms with Gasteiger partial charge in [-0.25, -0.2) is 9.59 Å². The lowest BCUT2D eigenvalue weighted by molar-refractivity contribution is -0.146. The summed E-state index contributed by atoms with van der Waals surface area (Å²) in [6, 6.07) is -1.54. The van der Waals surface area contributed by atoms with Gasteiger partial charge in [-0.1, -0.05) is 0 Å². The molecule has 0 unspecified atom stereocenters. The molecule has 114 valence electrons. The summed E-state index contributed by atoms with van der Waals surface area (Å²) in [6.07, 6.45) is -0.554. The lowest BCUT2D eigenvalue weighted by Gasteiger charge is -2.31. The fourth-order valence-corrected chi connectivity index (χ4v) is 2.79. The summed E-state index contributed by atoms with van der Waals surface area (Å²) < 4.78 is 15.5. The zero-order chi connectivity index (χ0) is 15.1. The fourth-order valence-electron chi connectivity index (χ4n) is 2.79. The molecule has 2 heterocycles. The Balaban J connectivity index is 2.25. The van der Waals surface area contributed by atoms with Crippen molar-refractivity contribution in [2.45, 2.75) is 44.5 Å². The highest BCUT2D eigenvalue weighted by Gasteiger charge is 2.56. The molecule has 2 aliphatic heterocycles. The van der Waals surface area contributed by atoms with Crippen LogP contribution in [0.5, 0.6) is 0 Å². The van der Waals surface area contributed by atoms with Crippen molar-refractivity contribution < 1.29 is 23.8 Å². The summed E-state index contributed by atoms with van der Waals surface area (Å²) in [5.74, 6) is -0.579. The van der Waals surface area contributed by atoms with Gasteiger partial charge in [0.05, 0.1) is 26.4 Å². The van der Waals surface area contributed by atoms with E-state index in [0.717, 1.165) is 0 Å². The van der Waals surface area contributed by atoms with E-state index >= 15 is 0 Å². The predicted molar refractivity (Wildman–Crippen MR) is 69.9 cm³/mol. The number of fused-ring (bicyclic) bond motifs is 1. The Morgan fingerprint density at radius 1 is 1.30 bits per heavy atom. The number of carbonyl (C=O) groups is 2. The Morgan fingerprint density at radius 2 is 1.95 bits per heavy atom. The second-order valence-corrected chi connectivity index (χ2v) is 6.20. The average Bonchev–Trinajstić information content (AvgIpc) is 2.88. The molecule has 1 amide bonds. The van der Waals surface area contributed by atoms with Gasteiger partial charge in [0, 0.05) is 12.0 Å². The number of nitrogens with two attached hydrogens (primary N) is 1. The molecule has 0 spiro atoms. The Labute approximate surface area is 118 Å². The monoisotopic (exact) mass is 286 g/mol. The van der Waals surface area contributed by atoms with Crippen molar-refractivity contribution in [2.75, 3.05) is 20.3 Å². The lowest BCUT2D eigenvalue weighted by Crippen LogP contribution is -2.52. The van der Waals surface area contributed by atoms with Crippen LogP contribution in [0.1, 0.15) is 20.8 Å². The van der Waals surface area contributed by atoms with Crippen LogP contribution in [-0.4, -0.2) is 61.0 Å². The van der Waals surface area contributed by atoms with Crippen molar-refractivity contribution in [3.05, 3.63) is 0 Å². The van der Waals surface area contributed by atoms with Crippen molar-refractivity contribution >= 4 is 12.1 Å². The summed E-state index contributed by atoms with van der Waals surface area (Å²) in [5, 5.41) is 0. The molecule has 4 atom stereocenters. The molecule has 2 N–H and O–H groups in total. The first kappa shape index (κ1) is 15.1. The van der Waals surface area contributed by atoms with Crippen molar-refractivity contribution in [1.82, 2.24) is 4.90 Å². The van der Waals surface area contributed by atoms with E-state index in [1.807, 2.05) is 0 Å². The molecule has 0 radical (unpaired) electrons. The first-order chi connectivity index (χ1) is 9.26. The first-order valence-corrected chi connectivity index (χ1v) is 6.68. The number of hydrogen-bond acceptors (Lipinski definition) is 6. The number of amides is 1. The van der Waals surface area contributed by atoms with E-state index in [0.29, 0.717) is 13.2 Å². The van der Waals surface area contributed by atoms with Crippen LogP contribution in [0.15, 0.2) is 0 Å². The van der Waals surface area contributed by atoms with Gasteiger partial charge in [0.15, 0.2) is 0 Å². The Morgan fingerprint density at radius 3 is 2.50 bits per heavy atom. The Hall–Kier alpha value is -1.34. The summed E-state index contributed by atoms with van der Waals surface area (Å²) in [7, 11) is 1.28. The van der Waals surface area contributed by atoms with Gasteiger partial charge < -0.3 is 19.9 Å². The molecule has 2 aliphatic rings. The van der Waals surface area contributed by atoms with Crippen LogP contribution >= 0.6 is 0 Å². The molecule has 0 aliphatic carbocycles. The minimum Gasteiger partial charge on any atom is -0.467 e. The zero-order valence-corrected chi connectivity index (χ0v) is 12.3. The smallest absolute Gasteiger partial charge is 0.411 e. The molecule has 0 aromatic heterocycles. The molecule has 7 nitrogen and oxygen atoms in total. The summed E-state index contributed by atoms with van der Waals surface area (Å²) in [6.45, 7) is 6.13. The maximum atomic E-state index is 12.4. The zero-order valence-electron chi connectivity index (χ0n) is 12.3. The van der Waals surface area contributed by atoms with Crippen LogP contribution in [0.2, 0.25) is 0 Å². The maximum absolute atomic E-state index is 12.4. The van der Waals surface area contributed by atoms with Crippen LogP contribution in [0, 0.1) is 5.92 Å². The van der Waals surface area contributed by atoms with Gasteiger partial charge in [0.2, 0.25) is 0 Å². The maximum Gasteiger partial charge on any atom is 0.411 e. The van der Waals surface area contributed by atoms with Gasteiger partial charge in [-0.2, -0.15) is 0 Å². The van der Waals surface area contributed by atoms with Gasteiger partial charge in [-0.05, 0) is 20.8 Å². The van der Waals surface area contributed by atoms with Gasteiger partial charge in [0.1, 0.15) is 11.6 Å². The molecule has 0 aromatic carbocycles. The number of rotatable bonds is 1. The highest BCUT2D eigenvalue weighted by Crippen LogP contribution is 2.35. The van der Waals surface area contributed by atoms with Crippen LogP contribution in [0.3, 0.4) is 0 Å². The van der Waals surface area contributed by atoms with Gasteiger partial charge >= 0.3 is 12.1 Å². The standard InChI is InChI=1S/C13H22N2O5/c1-13(2,3)20-12(17)15-8-6-19-5-7(8)9(14)10(15)11(16)18-4/h7-10H,5-6,14H2,1-4H3/t7-,8+,9+,10+/m0/s1. The quantitative estimate of drug-likeness (QED) is 0.689. The molecular weight excluding hydrogens is 264 g/mol. The van der Waals surface area contributed by atoms with Crippen LogP contribution < -0.4 is 5.73 Å². The van der Waals surface area contributed by atoms with Gasteiger partial charge in [0.25, 0.3) is 0 Å². The number of ether oxygens (including phenoxy) is 3. The molecule has 2 saturated heterocycles. The average molecular weight is 286 g/mol. The van der Waals surface area contributed by atoms with Crippen LogP contribution in [-0.2, 0) is 19.0 Å². The molecule has 0 aromatic rings. The van der Waals surface area contributed by atoms with E-state index in [1.54, 1.807) is 20.8 Å². The first-order valence-electron chi connectivity index (χ1n) is 6.68. The van der Waals surface area contributed by atoms with E-state index in [2.05, 4.69) is 0 Å². The topological polar surface area (TPSA) is 91.1 Å². The molecule has 2 fully saturated rings. The molecule has 20 heavy (non-hydrogen) atoms. The van der Waals surface area contributed by atoms with E-state index in [4.69, 9.17) is 19.9 Å². The molecule has 0 bridgehead atoms. The largest absolute Gasteiger partial charge is 0.467 e. The number of likely N-dealkylation sites (tertiary alicyclic amines) is 1. The summed E-state index contributed by atoms with van der Waals surface area (Å²) >= 11 is 0. The third-order valence-electron chi connectivity index (χ3n) is 3.66. The SMILES string of the molecule is COC(=O)[C@H]1[C@H](N)[C@H]2COC[C@H]2N1C(=O)OC(C)(C)C. The molecular formula is C13H22N2O5. The van der Waals surface area contributed by atoms with Gasteiger partial charge in [-0.15, -0.1) is 0 Å². The summed E-state index contributed by atoms with van der Waals surface area (Å²) in [4.78, 5) is 25.7.